The molecule has 7 rings (SSSR count). The first-order chi connectivity index (χ1) is 22.5. The van der Waals surface area contributed by atoms with Crippen molar-refractivity contribution in [1.82, 2.24) is 10.2 Å². The van der Waals surface area contributed by atoms with Gasteiger partial charge in [-0.15, -0.1) is 0 Å². The minimum absolute atomic E-state index is 0.0126. The van der Waals surface area contributed by atoms with Gasteiger partial charge in [0.25, 0.3) is 0 Å². The normalized spacial score (nSPS) is 23.7. The molecule has 47 heavy (non-hydrogen) atoms. The topological polar surface area (TPSA) is 86.8 Å². The lowest BCUT2D eigenvalue weighted by molar-refractivity contribution is -0.140. The van der Waals surface area contributed by atoms with Crippen LogP contribution in [0.5, 0.6) is 0 Å². The minimum atomic E-state index is -3.87. The average molecular weight is 660 g/mol. The van der Waals surface area contributed by atoms with Gasteiger partial charge < -0.3 is 10.2 Å². The number of hydrogen-bond acceptors (Lipinski definition) is 4. The number of nitrogens with zero attached hydrogens (tertiary/aromatic N) is 2. The van der Waals surface area contributed by atoms with Crippen LogP contribution in [0.4, 0.5) is 10.1 Å². The summed E-state index contributed by atoms with van der Waals surface area (Å²) in [4.78, 5) is 29.4. The Morgan fingerprint density at radius 3 is 2.02 bits per heavy atom. The molecule has 1 N–H and O–H groups in total. The van der Waals surface area contributed by atoms with Crippen LogP contribution >= 0.6 is 0 Å². The maximum atomic E-state index is 14.3. The molecule has 7 nitrogen and oxygen atoms in total. The quantitative estimate of drug-likeness (QED) is 0.236. The van der Waals surface area contributed by atoms with E-state index in [9.17, 15) is 22.4 Å². The van der Waals surface area contributed by atoms with E-state index in [4.69, 9.17) is 0 Å². The fourth-order valence-electron chi connectivity index (χ4n) is 8.77. The highest BCUT2D eigenvalue weighted by Crippen LogP contribution is 2.60. The molecule has 0 unspecified atom stereocenters. The highest BCUT2D eigenvalue weighted by molar-refractivity contribution is 7.92. The number of carbonyl (C=O) groups excluding carboxylic acids is 2. The fourth-order valence-corrected chi connectivity index (χ4v) is 9.62. The van der Waals surface area contributed by atoms with E-state index in [1.165, 1.54) is 61.1 Å². The number of rotatable bonds is 13. The van der Waals surface area contributed by atoms with Crippen molar-refractivity contribution in [2.45, 2.75) is 76.3 Å². The van der Waals surface area contributed by atoms with Crippen LogP contribution in [-0.2, 0) is 38.0 Å². The van der Waals surface area contributed by atoms with Crippen molar-refractivity contribution in [1.29, 1.82) is 0 Å². The summed E-state index contributed by atoms with van der Waals surface area (Å²) < 4.78 is 41.5. The maximum Gasteiger partial charge on any atom is 0.244 e. The zero-order valence-electron chi connectivity index (χ0n) is 27.4. The van der Waals surface area contributed by atoms with E-state index < -0.39 is 34.3 Å². The SMILES string of the molecule is CCCNC(=O)[C@@H](Cc1ccccc1)N(Cc1ccc(F)cc1)C(=O)CN(c1ccc(C23CC4CC(CC(C4)C2)C3)cc1)S(C)(=O)=O. The van der Waals surface area contributed by atoms with Gasteiger partial charge in [-0.2, -0.15) is 0 Å². The molecule has 4 aliphatic carbocycles. The minimum Gasteiger partial charge on any atom is -0.354 e. The van der Waals surface area contributed by atoms with E-state index >= 15 is 0 Å². The Morgan fingerprint density at radius 2 is 1.47 bits per heavy atom. The van der Waals surface area contributed by atoms with Crippen molar-refractivity contribution in [2.24, 2.45) is 17.8 Å². The first kappa shape index (κ1) is 33.2. The summed E-state index contributed by atoms with van der Waals surface area (Å²) in [7, 11) is -3.87. The smallest absolute Gasteiger partial charge is 0.244 e. The lowest BCUT2D eigenvalue weighted by Crippen LogP contribution is -2.53. The molecular weight excluding hydrogens is 614 g/mol. The van der Waals surface area contributed by atoms with E-state index in [-0.39, 0.29) is 24.3 Å². The van der Waals surface area contributed by atoms with Gasteiger partial charge >= 0.3 is 0 Å². The second-order valence-electron chi connectivity index (χ2n) is 14.2. The van der Waals surface area contributed by atoms with Crippen LogP contribution in [0.25, 0.3) is 0 Å². The fraction of sp³-hybridized carbons (Fsp3) is 0.474. The molecule has 1 atom stereocenters. The zero-order chi connectivity index (χ0) is 33.2. The van der Waals surface area contributed by atoms with Crippen molar-refractivity contribution in [3.05, 3.63) is 101 Å². The van der Waals surface area contributed by atoms with Crippen LogP contribution in [0, 0.1) is 23.6 Å². The second-order valence-corrected chi connectivity index (χ2v) is 16.1. The Hall–Kier alpha value is -3.72. The number of carbonyl (C=O) groups is 2. The van der Waals surface area contributed by atoms with Gasteiger partial charge in [0.2, 0.25) is 21.8 Å². The molecule has 0 heterocycles. The third-order valence-electron chi connectivity index (χ3n) is 10.6. The van der Waals surface area contributed by atoms with Crippen LogP contribution in [-0.4, -0.2) is 50.5 Å². The molecule has 0 aliphatic heterocycles. The van der Waals surface area contributed by atoms with Crippen LogP contribution in [0.15, 0.2) is 78.9 Å². The molecule has 2 amide bonds. The standard InChI is InChI=1S/C38H46FN3O4S/c1-3-17-40-37(44)35(21-27-7-5-4-6-8-27)41(25-28-9-13-33(39)14-10-28)36(43)26-42(47(2,45)46)34-15-11-32(12-16-34)38-22-29-18-30(23-38)20-31(19-29)24-38/h4-16,29-31,35H,3,17-26H2,1-2H3,(H,40,44)/t29?,30?,31?,35-,38?/m1/s1. The number of sulfonamides is 1. The van der Waals surface area contributed by atoms with Crippen LogP contribution < -0.4 is 9.62 Å². The predicted molar refractivity (Wildman–Crippen MR) is 183 cm³/mol. The number of anilines is 1. The third-order valence-corrected chi connectivity index (χ3v) is 11.7. The number of hydrogen-bond donors (Lipinski definition) is 1. The van der Waals surface area contributed by atoms with E-state index in [1.54, 1.807) is 12.1 Å². The van der Waals surface area contributed by atoms with Gasteiger partial charge in [-0.25, -0.2) is 12.8 Å². The maximum absolute atomic E-state index is 14.3. The summed E-state index contributed by atoms with van der Waals surface area (Å²) in [5.41, 5.74) is 3.36. The lowest BCUT2D eigenvalue weighted by atomic mass is 9.48. The molecule has 0 aromatic heterocycles. The summed E-state index contributed by atoms with van der Waals surface area (Å²) in [5, 5.41) is 2.93. The molecular formula is C38H46FN3O4S. The van der Waals surface area contributed by atoms with Gasteiger partial charge in [-0.1, -0.05) is 61.5 Å². The lowest BCUT2D eigenvalue weighted by Gasteiger charge is -2.57. The number of halogens is 1. The Bertz CT molecular complexity index is 1630. The van der Waals surface area contributed by atoms with Crippen LogP contribution in [0.2, 0.25) is 0 Å². The molecule has 250 valence electrons. The van der Waals surface area contributed by atoms with Crippen molar-refractivity contribution in [3.8, 4) is 0 Å². The van der Waals surface area contributed by atoms with Gasteiger partial charge in [0.15, 0.2) is 0 Å². The van der Waals surface area contributed by atoms with E-state index in [1.807, 2.05) is 49.4 Å². The Morgan fingerprint density at radius 1 is 0.872 bits per heavy atom. The molecule has 3 aromatic rings. The molecule has 3 aromatic carbocycles. The first-order valence-corrected chi connectivity index (χ1v) is 18.8. The largest absolute Gasteiger partial charge is 0.354 e. The van der Waals surface area contributed by atoms with Gasteiger partial charge in [0.05, 0.1) is 11.9 Å². The monoisotopic (exact) mass is 659 g/mol. The summed E-state index contributed by atoms with van der Waals surface area (Å²) >= 11 is 0. The van der Waals surface area contributed by atoms with Gasteiger partial charge in [0, 0.05) is 19.5 Å². The van der Waals surface area contributed by atoms with Gasteiger partial charge in [0.1, 0.15) is 18.4 Å². The van der Waals surface area contributed by atoms with E-state index in [0.29, 0.717) is 17.8 Å². The van der Waals surface area contributed by atoms with Crippen molar-refractivity contribution in [2.75, 3.05) is 23.7 Å². The van der Waals surface area contributed by atoms with Crippen LogP contribution in [0.3, 0.4) is 0 Å². The summed E-state index contributed by atoms with van der Waals surface area (Å²) in [6.45, 7) is 1.93. The predicted octanol–water partition coefficient (Wildman–Crippen LogP) is 6.23. The second kappa shape index (κ2) is 13.8. The molecule has 0 spiro atoms. The highest BCUT2D eigenvalue weighted by atomic mass is 32.2. The van der Waals surface area contributed by atoms with Crippen molar-refractivity contribution >= 4 is 27.5 Å². The Labute approximate surface area is 278 Å². The summed E-state index contributed by atoms with van der Waals surface area (Å²) in [6.07, 6.45) is 9.70. The molecule has 0 saturated heterocycles. The molecule has 4 fully saturated rings. The first-order valence-electron chi connectivity index (χ1n) is 17.0. The number of nitrogens with one attached hydrogen (secondary N) is 1. The molecule has 4 bridgehead atoms. The molecule has 9 heteroatoms. The van der Waals surface area contributed by atoms with Crippen molar-refractivity contribution in [3.63, 3.8) is 0 Å². The Kier molecular flexibility index (Phi) is 9.74. The molecule has 0 radical (unpaired) electrons. The van der Waals surface area contributed by atoms with E-state index in [2.05, 4.69) is 17.4 Å². The third kappa shape index (κ3) is 7.56. The molecule has 4 saturated carbocycles. The summed E-state index contributed by atoms with van der Waals surface area (Å²) in [6, 6.07) is 22.1. The zero-order valence-corrected chi connectivity index (χ0v) is 28.2. The number of amides is 2. The van der Waals surface area contributed by atoms with E-state index in [0.717, 1.165) is 40.3 Å². The van der Waals surface area contributed by atoms with Gasteiger partial charge in [-0.05, 0) is 109 Å². The van der Waals surface area contributed by atoms with Crippen LogP contribution in [0.1, 0.15) is 68.6 Å². The average Bonchev–Trinajstić information content (AvgIpc) is 3.04. The molecule has 4 aliphatic rings. The highest BCUT2D eigenvalue weighted by Gasteiger charge is 2.51. The Balaban J connectivity index is 1.29. The number of benzene rings is 3. The van der Waals surface area contributed by atoms with Gasteiger partial charge in [-0.3, -0.25) is 13.9 Å². The van der Waals surface area contributed by atoms with Crippen molar-refractivity contribution < 1.29 is 22.4 Å². The summed E-state index contributed by atoms with van der Waals surface area (Å²) in [5.74, 6) is 1.12.